The first-order chi connectivity index (χ1) is 8.72. The van der Waals surface area contributed by atoms with Crippen molar-refractivity contribution in [2.24, 2.45) is 0 Å². The molecule has 0 radical (unpaired) electrons. The monoisotopic (exact) mass is 247 g/mol. The molecule has 1 aromatic carbocycles. The fourth-order valence-electron chi connectivity index (χ4n) is 1.87. The summed E-state index contributed by atoms with van der Waals surface area (Å²) < 4.78 is 10.1. The molecule has 2 rings (SSSR count). The molecule has 0 atom stereocenters. The summed E-state index contributed by atoms with van der Waals surface area (Å²) >= 11 is 0. The summed E-state index contributed by atoms with van der Waals surface area (Å²) in [5.41, 5.74) is 1.07. The zero-order valence-corrected chi connectivity index (χ0v) is 10.1. The number of nitrogens with one attached hydrogen (secondary N) is 1. The number of benzene rings is 1. The predicted octanol–water partition coefficient (Wildman–Crippen LogP) is 2.17. The van der Waals surface area contributed by atoms with E-state index in [9.17, 15) is 9.59 Å². The van der Waals surface area contributed by atoms with Gasteiger partial charge in [0.2, 0.25) is 0 Å². The Labute approximate surface area is 104 Å². The van der Waals surface area contributed by atoms with Crippen LogP contribution in [0, 0.1) is 0 Å². The molecule has 0 aliphatic heterocycles. The number of aldehydes is 1. The lowest BCUT2D eigenvalue weighted by atomic mass is 10.1. The summed E-state index contributed by atoms with van der Waals surface area (Å²) in [4.78, 5) is 25.8. The number of H-pyrrole nitrogens is 1. The number of aromatic nitrogens is 1. The summed E-state index contributed by atoms with van der Waals surface area (Å²) in [5, 5.41) is 0.646. The highest BCUT2D eigenvalue weighted by Gasteiger charge is 2.19. The van der Waals surface area contributed by atoms with Crippen molar-refractivity contribution >= 4 is 23.2 Å². The third-order valence-corrected chi connectivity index (χ3v) is 2.65. The fraction of sp³-hybridized carbons (Fsp3) is 0.231. The standard InChI is InChI=1S/C13H13NO4/c1-3-18-13(16)12-9(7-15)8-5-4-6-10(17-2)11(8)14-12/h4-7,14H,3H2,1-2H3. The molecule has 0 saturated carbocycles. The van der Waals surface area contributed by atoms with Gasteiger partial charge in [0.1, 0.15) is 11.4 Å². The van der Waals surface area contributed by atoms with E-state index in [1.807, 2.05) is 0 Å². The van der Waals surface area contributed by atoms with E-state index >= 15 is 0 Å². The second-order valence-electron chi connectivity index (χ2n) is 3.63. The van der Waals surface area contributed by atoms with Gasteiger partial charge in [-0.3, -0.25) is 4.79 Å². The van der Waals surface area contributed by atoms with Gasteiger partial charge in [0.15, 0.2) is 6.29 Å². The maximum absolute atomic E-state index is 11.7. The van der Waals surface area contributed by atoms with Crippen molar-refractivity contribution < 1.29 is 19.1 Å². The zero-order chi connectivity index (χ0) is 13.1. The van der Waals surface area contributed by atoms with Gasteiger partial charge in [-0.1, -0.05) is 12.1 Å². The minimum Gasteiger partial charge on any atom is -0.495 e. The van der Waals surface area contributed by atoms with Crippen LogP contribution in [0.3, 0.4) is 0 Å². The van der Waals surface area contributed by atoms with Crippen LogP contribution >= 0.6 is 0 Å². The molecular weight excluding hydrogens is 234 g/mol. The Morgan fingerprint density at radius 1 is 1.44 bits per heavy atom. The highest BCUT2D eigenvalue weighted by molar-refractivity contribution is 6.09. The Kier molecular flexibility index (Phi) is 3.32. The normalized spacial score (nSPS) is 10.3. The van der Waals surface area contributed by atoms with Crippen molar-refractivity contribution in [2.75, 3.05) is 13.7 Å². The lowest BCUT2D eigenvalue weighted by Gasteiger charge is -2.00. The lowest BCUT2D eigenvalue weighted by Crippen LogP contribution is -2.07. The number of rotatable bonds is 4. The molecule has 0 aliphatic rings. The topological polar surface area (TPSA) is 68.4 Å². The zero-order valence-electron chi connectivity index (χ0n) is 10.1. The molecule has 1 N–H and O–H groups in total. The van der Waals surface area contributed by atoms with E-state index in [-0.39, 0.29) is 12.3 Å². The first-order valence-electron chi connectivity index (χ1n) is 5.53. The Bertz CT molecular complexity index is 600. The van der Waals surface area contributed by atoms with Crippen molar-refractivity contribution in [3.8, 4) is 5.75 Å². The molecule has 94 valence electrons. The molecular formula is C13H13NO4. The van der Waals surface area contributed by atoms with Gasteiger partial charge in [0, 0.05) is 5.39 Å². The third kappa shape index (κ3) is 1.84. The minimum absolute atomic E-state index is 0.159. The highest BCUT2D eigenvalue weighted by Crippen LogP contribution is 2.29. The quantitative estimate of drug-likeness (QED) is 0.664. The summed E-state index contributed by atoms with van der Waals surface area (Å²) in [5.74, 6) is 0.0315. The van der Waals surface area contributed by atoms with E-state index in [1.54, 1.807) is 25.1 Å². The van der Waals surface area contributed by atoms with E-state index in [4.69, 9.17) is 9.47 Å². The van der Waals surface area contributed by atoms with Gasteiger partial charge in [-0.05, 0) is 13.0 Å². The molecule has 1 heterocycles. The molecule has 1 aromatic heterocycles. The van der Waals surface area contributed by atoms with Crippen LogP contribution in [0.15, 0.2) is 18.2 Å². The van der Waals surface area contributed by atoms with Crippen LogP contribution in [0.1, 0.15) is 27.8 Å². The van der Waals surface area contributed by atoms with Crippen LogP contribution in [0.4, 0.5) is 0 Å². The number of aromatic amines is 1. The first kappa shape index (κ1) is 12.2. The van der Waals surface area contributed by atoms with Crippen LogP contribution in [0.2, 0.25) is 0 Å². The fourth-order valence-corrected chi connectivity index (χ4v) is 1.87. The molecule has 0 spiro atoms. The molecule has 0 unspecified atom stereocenters. The van der Waals surface area contributed by atoms with Crippen molar-refractivity contribution in [2.45, 2.75) is 6.92 Å². The van der Waals surface area contributed by atoms with Gasteiger partial charge in [-0.25, -0.2) is 4.79 Å². The minimum atomic E-state index is -0.544. The maximum atomic E-state index is 11.7. The summed E-state index contributed by atoms with van der Waals surface area (Å²) in [7, 11) is 1.53. The van der Waals surface area contributed by atoms with Gasteiger partial charge in [-0.15, -0.1) is 0 Å². The molecule has 0 amide bonds. The number of para-hydroxylation sites is 1. The smallest absolute Gasteiger partial charge is 0.355 e. The molecule has 0 bridgehead atoms. The van der Waals surface area contributed by atoms with E-state index < -0.39 is 5.97 Å². The van der Waals surface area contributed by atoms with Gasteiger partial charge in [0.25, 0.3) is 0 Å². The Morgan fingerprint density at radius 2 is 2.22 bits per heavy atom. The SMILES string of the molecule is CCOC(=O)c1[nH]c2c(OC)cccc2c1C=O. The van der Waals surface area contributed by atoms with E-state index in [2.05, 4.69) is 4.98 Å². The number of esters is 1. The van der Waals surface area contributed by atoms with E-state index in [0.29, 0.717) is 28.5 Å². The molecule has 0 fully saturated rings. The number of carbonyl (C=O) groups excluding carboxylic acids is 2. The number of hydrogen-bond acceptors (Lipinski definition) is 4. The van der Waals surface area contributed by atoms with E-state index in [0.717, 1.165) is 0 Å². The van der Waals surface area contributed by atoms with Gasteiger partial charge < -0.3 is 14.5 Å². The van der Waals surface area contributed by atoms with Crippen LogP contribution < -0.4 is 4.74 Å². The van der Waals surface area contributed by atoms with Gasteiger partial charge in [-0.2, -0.15) is 0 Å². The second kappa shape index (κ2) is 4.91. The molecule has 18 heavy (non-hydrogen) atoms. The third-order valence-electron chi connectivity index (χ3n) is 2.65. The van der Waals surface area contributed by atoms with Gasteiger partial charge in [0.05, 0.1) is 24.8 Å². The summed E-state index contributed by atoms with van der Waals surface area (Å²) in [6, 6.07) is 5.26. The Hall–Kier alpha value is -2.30. The van der Waals surface area contributed by atoms with Crippen molar-refractivity contribution in [3.63, 3.8) is 0 Å². The van der Waals surface area contributed by atoms with Crippen LogP contribution in [0.5, 0.6) is 5.75 Å². The lowest BCUT2D eigenvalue weighted by molar-refractivity contribution is 0.0518. The van der Waals surface area contributed by atoms with Crippen molar-refractivity contribution in [3.05, 3.63) is 29.5 Å². The first-order valence-corrected chi connectivity index (χ1v) is 5.53. The summed E-state index contributed by atoms with van der Waals surface area (Å²) in [6.45, 7) is 1.96. The summed E-state index contributed by atoms with van der Waals surface area (Å²) in [6.07, 6.45) is 0.643. The molecule has 5 heteroatoms. The predicted molar refractivity (Wildman–Crippen MR) is 66.2 cm³/mol. The number of fused-ring (bicyclic) bond motifs is 1. The Morgan fingerprint density at radius 3 is 2.83 bits per heavy atom. The van der Waals surface area contributed by atoms with Crippen molar-refractivity contribution in [1.82, 2.24) is 4.98 Å². The van der Waals surface area contributed by atoms with Crippen molar-refractivity contribution in [1.29, 1.82) is 0 Å². The largest absolute Gasteiger partial charge is 0.495 e. The Balaban J connectivity index is 2.67. The van der Waals surface area contributed by atoms with Crippen LogP contribution in [-0.2, 0) is 4.74 Å². The number of ether oxygens (including phenoxy) is 2. The average Bonchev–Trinajstić information content (AvgIpc) is 2.77. The van der Waals surface area contributed by atoms with Crippen LogP contribution in [-0.4, -0.2) is 31.0 Å². The molecule has 2 aromatic rings. The molecule has 5 nitrogen and oxygen atoms in total. The maximum Gasteiger partial charge on any atom is 0.355 e. The molecule has 0 aliphatic carbocycles. The van der Waals surface area contributed by atoms with Gasteiger partial charge >= 0.3 is 5.97 Å². The van der Waals surface area contributed by atoms with E-state index in [1.165, 1.54) is 7.11 Å². The van der Waals surface area contributed by atoms with Crippen LogP contribution in [0.25, 0.3) is 10.9 Å². The highest BCUT2D eigenvalue weighted by atomic mass is 16.5. The number of methoxy groups -OCH3 is 1. The number of hydrogen-bond donors (Lipinski definition) is 1. The second-order valence-corrected chi connectivity index (χ2v) is 3.63. The average molecular weight is 247 g/mol. The number of carbonyl (C=O) groups is 2. The molecule has 0 saturated heterocycles.